The molecule has 2 rings (SSSR count). The van der Waals surface area contributed by atoms with Gasteiger partial charge in [0.05, 0.1) is 12.2 Å². The van der Waals surface area contributed by atoms with Crippen molar-refractivity contribution >= 4 is 33.8 Å². The molecule has 0 bridgehead atoms. The van der Waals surface area contributed by atoms with Gasteiger partial charge in [0.1, 0.15) is 0 Å². The summed E-state index contributed by atoms with van der Waals surface area (Å²) in [7, 11) is -7.67. The monoisotopic (exact) mass is 630 g/mol. The molecular formula is C17H41F11O4Si4. The fourth-order valence-corrected chi connectivity index (χ4v) is 22.3. The van der Waals surface area contributed by atoms with E-state index in [0.29, 0.717) is 12.2 Å². The number of rotatable bonds is 9. The summed E-state index contributed by atoms with van der Waals surface area (Å²) in [6.07, 6.45) is 6.18. The van der Waals surface area contributed by atoms with E-state index in [1.54, 1.807) is 0 Å². The molecule has 0 radical (unpaired) electrons. The van der Waals surface area contributed by atoms with E-state index in [0.717, 1.165) is 12.0 Å². The highest BCUT2D eigenvalue weighted by atomic mass is 28.5. The molecule has 1 aliphatic carbocycles. The Kier molecular flexibility index (Phi) is 29.1. The van der Waals surface area contributed by atoms with Crippen molar-refractivity contribution in [1.82, 2.24) is 0 Å². The molecule has 2 aliphatic rings. The van der Waals surface area contributed by atoms with Crippen LogP contribution in [0.15, 0.2) is 0 Å². The Morgan fingerprint density at radius 2 is 1.03 bits per heavy atom. The average Bonchev–Trinajstić information content (AvgIpc) is 3.55. The van der Waals surface area contributed by atoms with Gasteiger partial charge in [-0.2, -0.15) is 0 Å². The number of halogens is 11. The van der Waals surface area contributed by atoms with E-state index in [-0.39, 0.29) is 4.70 Å². The van der Waals surface area contributed by atoms with Crippen molar-refractivity contribution in [3.05, 3.63) is 0 Å². The second kappa shape index (κ2) is 22.9. The summed E-state index contributed by atoms with van der Waals surface area (Å²) < 4.78 is 106. The minimum absolute atomic E-state index is 0. The Morgan fingerprint density at radius 3 is 1.39 bits per heavy atom. The van der Waals surface area contributed by atoms with Crippen molar-refractivity contribution in [3.63, 3.8) is 0 Å². The van der Waals surface area contributed by atoms with Gasteiger partial charge in [0.15, 0.2) is 16.6 Å². The van der Waals surface area contributed by atoms with E-state index in [2.05, 4.69) is 58.9 Å². The van der Waals surface area contributed by atoms with Crippen LogP contribution in [0.5, 0.6) is 0 Å². The third-order valence-corrected chi connectivity index (χ3v) is 18.1. The van der Waals surface area contributed by atoms with Crippen LogP contribution in [-0.4, -0.2) is 46.0 Å². The molecule has 4 unspecified atom stereocenters. The molecule has 1 heterocycles. The maximum Gasteiger partial charge on any atom is 0.315 e. The molecule has 36 heavy (non-hydrogen) atoms. The van der Waals surface area contributed by atoms with Gasteiger partial charge in [0.25, 0.3) is 0 Å². The highest BCUT2D eigenvalue weighted by molar-refractivity contribution is 6.89. The van der Waals surface area contributed by atoms with E-state index in [1.165, 1.54) is 25.7 Å². The van der Waals surface area contributed by atoms with Gasteiger partial charge in [-0.15, -0.1) is 0 Å². The Balaban J connectivity index is -0.000000259. The second-order valence-electron chi connectivity index (χ2n) is 10.5. The molecule has 2 fully saturated rings. The quantitative estimate of drug-likeness (QED) is 0.144. The Hall–Kier alpha value is -0.0625. The normalized spacial score (nSPS) is 21.6. The van der Waals surface area contributed by atoms with Gasteiger partial charge in [-0.3, -0.25) is 4.70 Å². The van der Waals surface area contributed by atoms with Crippen molar-refractivity contribution in [1.29, 1.82) is 0 Å². The van der Waals surface area contributed by atoms with Crippen LogP contribution in [-0.2, 0) is 17.1 Å². The lowest BCUT2D eigenvalue weighted by molar-refractivity contribution is 0.108. The summed E-state index contributed by atoms with van der Waals surface area (Å²) in [5.41, 5.74) is 0. The van der Waals surface area contributed by atoms with Crippen LogP contribution in [0.1, 0.15) is 25.7 Å². The summed E-state index contributed by atoms with van der Waals surface area (Å²) in [6, 6.07) is 1.09. The lowest BCUT2D eigenvalue weighted by Crippen LogP contribution is -2.56. The van der Waals surface area contributed by atoms with E-state index >= 15 is 0 Å². The molecule has 0 aromatic carbocycles. The van der Waals surface area contributed by atoms with Gasteiger partial charge in [0.2, 0.25) is 0 Å². The van der Waals surface area contributed by atoms with Crippen molar-refractivity contribution in [3.8, 4) is 0 Å². The predicted molar refractivity (Wildman–Crippen MR) is 128 cm³/mol. The van der Waals surface area contributed by atoms with Crippen LogP contribution in [0.25, 0.3) is 0 Å². The molecule has 1 aliphatic heterocycles. The van der Waals surface area contributed by atoms with Crippen molar-refractivity contribution in [2.24, 2.45) is 5.92 Å². The largest absolute Gasteiger partial charge is 0.437 e. The standard InChI is InChI=1S/C17H40O4Si4.5F2.FH/c1-22(2,3)19-24(7,8)21-25(9,20-23(4,5)6)13-12-15-10-11-16-17(14-15)18-16;5*1-2;/h15-17H,10-14H2,1-9H3;;;;;;1H. The predicted octanol–water partition coefficient (Wildman–Crippen LogP) is 9.79. The van der Waals surface area contributed by atoms with E-state index in [9.17, 15) is 0 Å². The third-order valence-electron chi connectivity index (χ3n) is 4.66. The number of epoxide rings is 1. The molecule has 0 amide bonds. The molecule has 1 saturated carbocycles. The molecule has 226 valence electrons. The third kappa shape index (κ3) is 24.3. The van der Waals surface area contributed by atoms with Crippen molar-refractivity contribution < 1.29 is 67.5 Å². The fourth-order valence-electron chi connectivity index (χ4n) is 4.26. The summed E-state index contributed by atoms with van der Waals surface area (Å²) >= 11 is 0. The summed E-state index contributed by atoms with van der Waals surface area (Å²) in [6.45, 7) is 20.3. The first kappa shape index (κ1) is 45.8. The van der Waals surface area contributed by atoms with Crippen LogP contribution in [0.2, 0.25) is 65.0 Å². The molecular weight excluding hydrogens is 590 g/mol. The lowest BCUT2D eigenvalue weighted by atomic mass is 9.88. The maximum atomic E-state index is 8.00. The number of hydrogen-bond donors (Lipinski definition) is 0. The number of hydrogen-bond acceptors (Lipinski definition) is 4. The Morgan fingerprint density at radius 1 is 0.611 bits per heavy atom. The van der Waals surface area contributed by atoms with Gasteiger partial charge < -0.3 is 17.1 Å². The zero-order valence-electron chi connectivity index (χ0n) is 22.1. The lowest BCUT2D eigenvalue weighted by Gasteiger charge is -2.41. The number of fused-ring (bicyclic) bond motifs is 1. The smallest absolute Gasteiger partial charge is 0.315 e. The Labute approximate surface area is 210 Å². The first-order chi connectivity index (χ1) is 16.2. The first-order valence-electron chi connectivity index (χ1n) is 10.6. The van der Waals surface area contributed by atoms with Crippen LogP contribution in [0.3, 0.4) is 0 Å². The Bertz CT molecular complexity index is 493. The average molecular weight is 631 g/mol. The van der Waals surface area contributed by atoms with Gasteiger partial charge in [-0.05, 0) is 96.6 Å². The van der Waals surface area contributed by atoms with Crippen LogP contribution < -0.4 is 0 Å². The first-order valence-corrected chi connectivity index (χ1v) is 22.8. The molecule has 1 saturated heterocycles. The van der Waals surface area contributed by atoms with E-state index < -0.39 is 33.8 Å². The summed E-state index contributed by atoms with van der Waals surface area (Å²) in [4.78, 5) is 0. The highest BCUT2D eigenvalue weighted by Gasteiger charge is 2.47. The van der Waals surface area contributed by atoms with Gasteiger partial charge in [-0.1, -0.05) is 0 Å². The van der Waals surface area contributed by atoms with Crippen LogP contribution in [0.4, 0.5) is 50.4 Å². The molecule has 0 N–H and O–H groups in total. The fraction of sp³-hybridized carbons (Fsp3) is 1.00. The maximum absolute atomic E-state index is 8.00. The minimum atomic E-state index is -2.23. The van der Waals surface area contributed by atoms with Crippen LogP contribution >= 0.6 is 0 Å². The molecule has 19 heteroatoms. The highest BCUT2D eigenvalue weighted by Crippen LogP contribution is 2.42. The zero-order valence-corrected chi connectivity index (χ0v) is 26.1. The zero-order chi connectivity index (χ0) is 29.1. The van der Waals surface area contributed by atoms with E-state index in [1.807, 2.05) is 0 Å². The molecule has 4 atom stereocenters. The van der Waals surface area contributed by atoms with Crippen molar-refractivity contribution in [2.75, 3.05) is 0 Å². The van der Waals surface area contributed by atoms with Crippen LogP contribution in [0, 0.1) is 5.92 Å². The molecule has 0 aromatic heterocycles. The van der Waals surface area contributed by atoms with Gasteiger partial charge in [-0.25, -0.2) is 0 Å². The van der Waals surface area contributed by atoms with E-state index in [4.69, 9.17) is 62.8 Å². The van der Waals surface area contributed by atoms with Crippen molar-refractivity contribution in [2.45, 2.75) is 103 Å². The SMILES string of the molecule is C[Si](C)(C)O[Si](C)(C)O[Si](C)(CCC1CCC2OC2C1)O[Si](C)(C)C.F.FF.FF.FF.FF.FF. The van der Waals surface area contributed by atoms with Gasteiger partial charge in [0, 0.05) is 45.7 Å². The summed E-state index contributed by atoms with van der Waals surface area (Å²) in [5.74, 6) is 0.784. The second-order valence-corrected chi connectivity index (χ2v) is 27.0. The number of ether oxygens (including phenoxy) is 1. The summed E-state index contributed by atoms with van der Waals surface area (Å²) in [5, 5.41) is 0. The molecule has 4 nitrogen and oxygen atoms in total. The molecule has 0 spiro atoms. The minimum Gasteiger partial charge on any atom is -0.437 e. The topological polar surface area (TPSA) is 40.2 Å². The molecule has 0 aromatic rings. The van der Waals surface area contributed by atoms with Gasteiger partial charge >= 0.3 is 17.1 Å².